The Kier molecular flexibility index (Phi) is 5.08. The highest BCUT2D eigenvalue weighted by Crippen LogP contribution is 2.17. The van der Waals surface area contributed by atoms with Gasteiger partial charge < -0.3 is 15.2 Å². The molecule has 128 valence electrons. The van der Waals surface area contributed by atoms with Crippen LogP contribution in [0.5, 0.6) is 0 Å². The molecule has 24 heavy (non-hydrogen) atoms. The molecule has 3 rings (SSSR count). The Balaban J connectivity index is 1.57. The van der Waals surface area contributed by atoms with Crippen molar-refractivity contribution in [1.29, 1.82) is 0 Å². The fourth-order valence-electron chi connectivity index (χ4n) is 2.58. The number of aromatic nitrogens is 2. The third-order valence-electron chi connectivity index (χ3n) is 3.87. The Labute approximate surface area is 143 Å². The van der Waals surface area contributed by atoms with Crippen molar-refractivity contribution in [2.75, 3.05) is 26.2 Å². The molecule has 1 aromatic carbocycles. The second-order valence-corrected chi connectivity index (χ2v) is 5.94. The predicted octanol–water partition coefficient (Wildman–Crippen LogP) is 1.28. The Morgan fingerprint density at radius 1 is 1.33 bits per heavy atom. The van der Waals surface area contributed by atoms with E-state index in [0.29, 0.717) is 44.4 Å². The normalized spacial score (nSPS) is 15.7. The number of nitrogens with two attached hydrogens (primary N) is 1. The first-order valence-electron chi connectivity index (χ1n) is 7.55. The Hall–Kier alpha value is -2.03. The van der Waals surface area contributed by atoms with E-state index in [1.165, 1.54) is 12.1 Å². The largest absolute Gasteiger partial charge is 0.338 e. The standard InChI is InChI=1S/C15H17ClFN5O2/c16-10-1-2-11(12(17)7-10)15(23)22-5-3-21(4-6-22)9-13-19-14(8-18)24-20-13/h1-2,7H,3-6,8-9,18H2. The molecule has 2 aromatic rings. The quantitative estimate of drug-likeness (QED) is 0.890. The number of benzene rings is 1. The number of hydrogen-bond acceptors (Lipinski definition) is 6. The Morgan fingerprint density at radius 3 is 2.71 bits per heavy atom. The molecule has 0 spiro atoms. The van der Waals surface area contributed by atoms with Gasteiger partial charge in [-0.25, -0.2) is 4.39 Å². The molecule has 0 saturated carbocycles. The molecule has 1 saturated heterocycles. The average Bonchev–Trinajstić information content (AvgIpc) is 3.03. The van der Waals surface area contributed by atoms with E-state index in [0.717, 1.165) is 6.07 Å². The van der Waals surface area contributed by atoms with Crippen molar-refractivity contribution in [3.63, 3.8) is 0 Å². The van der Waals surface area contributed by atoms with E-state index in [-0.39, 0.29) is 23.0 Å². The van der Waals surface area contributed by atoms with E-state index in [1.807, 2.05) is 0 Å². The number of hydrogen-bond donors (Lipinski definition) is 1. The van der Waals surface area contributed by atoms with Crippen molar-refractivity contribution in [3.8, 4) is 0 Å². The molecule has 0 atom stereocenters. The van der Waals surface area contributed by atoms with E-state index >= 15 is 0 Å². The number of rotatable bonds is 4. The monoisotopic (exact) mass is 353 g/mol. The van der Waals surface area contributed by atoms with Crippen LogP contribution in [0.3, 0.4) is 0 Å². The topological polar surface area (TPSA) is 88.5 Å². The van der Waals surface area contributed by atoms with Crippen molar-refractivity contribution >= 4 is 17.5 Å². The Morgan fingerprint density at radius 2 is 2.08 bits per heavy atom. The minimum absolute atomic E-state index is 0.0404. The van der Waals surface area contributed by atoms with Crippen LogP contribution in [0.15, 0.2) is 22.7 Å². The summed E-state index contributed by atoms with van der Waals surface area (Å²) < 4.78 is 18.8. The maximum absolute atomic E-state index is 13.9. The summed E-state index contributed by atoms with van der Waals surface area (Å²) in [6.07, 6.45) is 0. The van der Waals surface area contributed by atoms with Crippen LogP contribution in [0.4, 0.5) is 4.39 Å². The molecular weight excluding hydrogens is 337 g/mol. The molecule has 2 N–H and O–H groups in total. The summed E-state index contributed by atoms with van der Waals surface area (Å²) in [5.41, 5.74) is 5.47. The zero-order valence-electron chi connectivity index (χ0n) is 12.9. The van der Waals surface area contributed by atoms with Gasteiger partial charge in [0.15, 0.2) is 5.82 Å². The summed E-state index contributed by atoms with van der Waals surface area (Å²) in [6.45, 7) is 3.04. The van der Waals surface area contributed by atoms with Gasteiger partial charge in [0.05, 0.1) is 18.7 Å². The second-order valence-electron chi connectivity index (χ2n) is 5.50. The third-order valence-corrected chi connectivity index (χ3v) is 4.11. The molecule has 1 aromatic heterocycles. The van der Waals surface area contributed by atoms with Crippen LogP contribution in [0.1, 0.15) is 22.1 Å². The van der Waals surface area contributed by atoms with E-state index in [2.05, 4.69) is 15.0 Å². The smallest absolute Gasteiger partial charge is 0.256 e. The molecule has 1 aliphatic heterocycles. The van der Waals surface area contributed by atoms with Crippen molar-refractivity contribution in [2.24, 2.45) is 5.73 Å². The summed E-state index contributed by atoms with van der Waals surface area (Å²) in [6, 6.07) is 4.08. The number of halogens is 2. The average molecular weight is 354 g/mol. The second kappa shape index (κ2) is 7.25. The predicted molar refractivity (Wildman–Crippen MR) is 84.8 cm³/mol. The van der Waals surface area contributed by atoms with Crippen LogP contribution >= 0.6 is 11.6 Å². The minimum atomic E-state index is -0.601. The van der Waals surface area contributed by atoms with E-state index in [1.54, 1.807) is 4.90 Å². The lowest BCUT2D eigenvalue weighted by molar-refractivity contribution is 0.0620. The van der Waals surface area contributed by atoms with Gasteiger partial charge in [0.25, 0.3) is 5.91 Å². The van der Waals surface area contributed by atoms with E-state index in [4.69, 9.17) is 21.9 Å². The molecule has 0 aliphatic carbocycles. The van der Waals surface area contributed by atoms with Crippen LogP contribution < -0.4 is 5.73 Å². The van der Waals surface area contributed by atoms with Crippen LogP contribution in [0.2, 0.25) is 5.02 Å². The Bertz CT molecular complexity index is 730. The maximum Gasteiger partial charge on any atom is 0.256 e. The lowest BCUT2D eigenvalue weighted by atomic mass is 10.1. The van der Waals surface area contributed by atoms with Crippen molar-refractivity contribution in [3.05, 3.63) is 46.3 Å². The maximum atomic E-state index is 13.9. The molecule has 0 radical (unpaired) electrons. The summed E-state index contributed by atoms with van der Waals surface area (Å²) in [7, 11) is 0. The summed E-state index contributed by atoms with van der Waals surface area (Å²) in [4.78, 5) is 20.3. The first-order chi connectivity index (χ1) is 11.6. The lowest BCUT2D eigenvalue weighted by Crippen LogP contribution is -2.48. The molecule has 9 heteroatoms. The number of piperazine rings is 1. The lowest BCUT2D eigenvalue weighted by Gasteiger charge is -2.34. The SMILES string of the molecule is NCc1nc(CN2CCN(C(=O)c3ccc(Cl)cc3F)CC2)no1. The molecule has 0 bridgehead atoms. The molecule has 1 aliphatic rings. The first-order valence-corrected chi connectivity index (χ1v) is 7.93. The fourth-order valence-corrected chi connectivity index (χ4v) is 2.74. The molecule has 1 fully saturated rings. The molecular formula is C15H17ClFN5O2. The molecule has 0 unspecified atom stereocenters. The van der Waals surface area contributed by atoms with Crippen LogP contribution in [0.25, 0.3) is 0 Å². The van der Waals surface area contributed by atoms with Gasteiger partial charge in [-0.3, -0.25) is 9.69 Å². The molecule has 2 heterocycles. The third kappa shape index (κ3) is 3.72. The van der Waals surface area contributed by atoms with Gasteiger partial charge in [-0.1, -0.05) is 16.8 Å². The van der Waals surface area contributed by atoms with Gasteiger partial charge in [-0.05, 0) is 18.2 Å². The van der Waals surface area contributed by atoms with Crippen LogP contribution in [0, 0.1) is 5.82 Å². The fraction of sp³-hybridized carbons (Fsp3) is 0.400. The van der Waals surface area contributed by atoms with Crippen molar-refractivity contribution in [2.45, 2.75) is 13.1 Å². The van der Waals surface area contributed by atoms with E-state index in [9.17, 15) is 9.18 Å². The minimum Gasteiger partial charge on any atom is -0.338 e. The first kappa shape index (κ1) is 16.8. The van der Waals surface area contributed by atoms with Gasteiger partial charge in [-0.2, -0.15) is 4.98 Å². The van der Waals surface area contributed by atoms with Gasteiger partial charge in [-0.15, -0.1) is 0 Å². The molecule has 1 amide bonds. The summed E-state index contributed by atoms with van der Waals surface area (Å²) in [5, 5.41) is 4.12. The highest BCUT2D eigenvalue weighted by atomic mass is 35.5. The molecule has 7 nitrogen and oxygen atoms in total. The van der Waals surface area contributed by atoms with Crippen LogP contribution in [-0.4, -0.2) is 52.0 Å². The van der Waals surface area contributed by atoms with Gasteiger partial charge in [0.1, 0.15) is 5.82 Å². The van der Waals surface area contributed by atoms with Gasteiger partial charge in [0, 0.05) is 31.2 Å². The summed E-state index contributed by atoms with van der Waals surface area (Å²) >= 11 is 5.72. The van der Waals surface area contributed by atoms with Crippen molar-refractivity contribution < 1.29 is 13.7 Å². The van der Waals surface area contributed by atoms with Crippen LogP contribution in [-0.2, 0) is 13.1 Å². The number of carbonyl (C=O) groups excluding carboxylic acids is 1. The number of nitrogens with zero attached hydrogens (tertiary/aromatic N) is 4. The van der Waals surface area contributed by atoms with Gasteiger partial charge >= 0.3 is 0 Å². The zero-order valence-corrected chi connectivity index (χ0v) is 13.7. The van der Waals surface area contributed by atoms with Crippen molar-refractivity contribution in [1.82, 2.24) is 19.9 Å². The zero-order chi connectivity index (χ0) is 17.1. The number of amides is 1. The highest BCUT2D eigenvalue weighted by molar-refractivity contribution is 6.30. The summed E-state index contributed by atoms with van der Waals surface area (Å²) in [5.74, 6) is 0.0424. The van der Waals surface area contributed by atoms with Gasteiger partial charge in [0.2, 0.25) is 5.89 Å². The number of carbonyl (C=O) groups is 1. The van der Waals surface area contributed by atoms with E-state index < -0.39 is 5.82 Å². The highest BCUT2D eigenvalue weighted by Gasteiger charge is 2.25.